The van der Waals surface area contributed by atoms with Crippen LogP contribution in [0, 0.1) is 11.8 Å². The number of aliphatic hydroxyl groups is 1. The predicted molar refractivity (Wildman–Crippen MR) is 132 cm³/mol. The number of aliphatic hydroxyl groups excluding tert-OH is 1. The van der Waals surface area contributed by atoms with Gasteiger partial charge >= 0.3 is 5.97 Å². The lowest BCUT2D eigenvalue weighted by Gasteiger charge is -2.44. The van der Waals surface area contributed by atoms with Crippen LogP contribution in [0.25, 0.3) is 0 Å². The van der Waals surface area contributed by atoms with Crippen LogP contribution < -0.4 is 10.4 Å². The van der Waals surface area contributed by atoms with Crippen molar-refractivity contribution in [2.75, 3.05) is 13.7 Å². The Morgan fingerprint density at radius 2 is 1.53 bits per heavy atom. The highest BCUT2D eigenvalue weighted by Crippen LogP contribution is 2.39. The largest absolute Gasteiger partial charge is 0.515 e. The molecule has 2 atom stereocenters. The Labute approximate surface area is 192 Å². The van der Waals surface area contributed by atoms with Crippen molar-refractivity contribution in [1.82, 2.24) is 0 Å². The van der Waals surface area contributed by atoms with Gasteiger partial charge in [-0.05, 0) is 34.2 Å². The summed E-state index contributed by atoms with van der Waals surface area (Å²) in [5, 5.41) is 12.1. The first-order valence-corrected chi connectivity index (χ1v) is 13.1. The second-order valence-electron chi connectivity index (χ2n) is 9.36. The van der Waals surface area contributed by atoms with Gasteiger partial charge in [0, 0.05) is 12.5 Å². The lowest BCUT2D eigenvalue weighted by atomic mass is 9.79. The van der Waals surface area contributed by atoms with E-state index in [2.05, 4.69) is 81.5 Å². The molecule has 2 aromatic carbocycles. The van der Waals surface area contributed by atoms with Gasteiger partial charge in [-0.3, -0.25) is 0 Å². The van der Waals surface area contributed by atoms with E-state index in [4.69, 9.17) is 9.16 Å². The quantitative estimate of drug-likeness (QED) is 0.217. The Balaban J connectivity index is 2.02. The van der Waals surface area contributed by atoms with E-state index in [1.165, 1.54) is 17.5 Å². The van der Waals surface area contributed by atoms with Crippen LogP contribution in [0.15, 0.2) is 84.7 Å². The predicted octanol–water partition coefficient (Wildman–Crippen LogP) is 4.76. The number of benzene rings is 2. The second kappa shape index (κ2) is 10.3. The van der Waals surface area contributed by atoms with Gasteiger partial charge < -0.3 is 14.3 Å². The normalized spacial score (nSPS) is 19.6. The highest BCUT2D eigenvalue weighted by Gasteiger charge is 2.50. The van der Waals surface area contributed by atoms with Crippen LogP contribution in [0.3, 0.4) is 0 Å². The van der Waals surface area contributed by atoms with Gasteiger partial charge in [0.15, 0.2) is 0 Å². The van der Waals surface area contributed by atoms with Gasteiger partial charge in [-0.2, -0.15) is 0 Å². The number of esters is 1. The van der Waals surface area contributed by atoms with Crippen molar-refractivity contribution in [3.05, 3.63) is 84.7 Å². The van der Waals surface area contributed by atoms with Crippen LogP contribution in [-0.4, -0.2) is 33.1 Å². The smallest absolute Gasteiger partial charge is 0.337 e. The Morgan fingerprint density at radius 1 is 1.00 bits per heavy atom. The van der Waals surface area contributed by atoms with Crippen molar-refractivity contribution in [3.63, 3.8) is 0 Å². The van der Waals surface area contributed by atoms with Crippen LogP contribution in [0.4, 0.5) is 0 Å². The molecule has 0 aromatic heterocycles. The van der Waals surface area contributed by atoms with Gasteiger partial charge in [-0.15, -0.1) is 0 Å². The third-order valence-corrected chi connectivity index (χ3v) is 11.5. The summed E-state index contributed by atoms with van der Waals surface area (Å²) in [6.45, 7) is 7.26. The van der Waals surface area contributed by atoms with Gasteiger partial charge in [0.05, 0.1) is 18.9 Å². The minimum Gasteiger partial charge on any atom is -0.515 e. The molecule has 5 heteroatoms. The molecule has 0 spiro atoms. The molecule has 2 aromatic rings. The van der Waals surface area contributed by atoms with Crippen LogP contribution in [0.1, 0.15) is 33.6 Å². The van der Waals surface area contributed by atoms with Crippen LogP contribution in [-0.2, 0) is 14.0 Å². The number of allylic oxidation sites excluding steroid dienone is 2. The third-order valence-electron chi connectivity index (χ3n) is 6.45. The Hall–Kier alpha value is -2.63. The molecule has 0 heterocycles. The van der Waals surface area contributed by atoms with Gasteiger partial charge in [0.25, 0.3) is 8.32 Å². The molecule has 0 bridgehead atoms. The maximum Gasteiger partial charge on any atom is 0.337 e. The van der Waals surface area contributed by atoms with Gasteiger partial charge in [0.1, 0.15) is 0 Å². The molecule has 3 rings (SSSR count). The highest BCUT2D eigenvalue weighted by atomic mass is 28.4. The third kappa shape index (κ3) is 4.74. The second-order valence-corrected chi connectivity index (χ2v) is 13.7. The molecule has 0 aliphatic heterocycles. The SMILES string of the molecule is COC(=O)/C(=C/O)[C@H]1CC=CC[C@H]1CO[Si](c1ccccc1)(c1ccccc1)C(C)(C)C. The summed E-state index contributed by atoms with van der Waals surface area (Å²) in [6.07, 6.45) is 6.58. The summed E-state index contributed by atoms with van der Waals surface area (Å²) in [7, 11) is -1.32. The van der Waals surface area contributed by atoms with Crippen LogP contribution in [0.2, 0.25) is 5.04 Å². The fourth-order valence-corrected chi connectivity index (χ4v) is 9.47. The Bertz CT molecular complexity index is 905. The summed E-state index contributed by atoms with van der Waals surface area (Å²) >= 11 is 0. The molecule has 0 amide bonds. The zero-order chi connectivity index (χ0) is 23.2. The molecular weight excluding hydrogens is 416 g/mol. The van der Waals surface area contributed by atoms with Crippen molar-refractivity contribution in [1.29, 1.82) is 0 Å². The molecule has 0 radical (unpaired) electrons. The molecule has 170 valence electrons. The average Bonchev–Trinajstić information content (AvgIpc) is 2.81. The van der Waals surface area contributed by atoms with Crippen LogP contribution >= 0.6 is 0 Å². The number of hydrogen-bond donors (Lipinski definition) is 1. The summed E-state index contributed by atoms with van der Waals surface area (Å²) in [5.41, 5.74) is 0.313. The minimum atomic E-state index is -2.67. The molecule has 0 saturated heterocycles. The van der Waals surface area contributed by atoms with Gasteiger partial charge in [-0.1, -0.05) is 93.6 Å². The van der Waals surface area contributed by atoms with E-state index in [0.717, 1.165) is 12.7 Å². The van der Waals surface area contributed by atoms with Gasteiger partial charge in [-0.25, -0.2) is 4.79 Å². The van der Waals surface area contributed by atoms with E-state index in [1.807, 2.05) is 12.1 Å². The molecule has 4 nitrogen and oxygen atoms in total. The number of carbonyl (C=O) groups is 1. The van der Waals surface area contributed by atoms with E-state index in [-0.39, 0.29) is 16.9 Å². The van der Waals surface area contributed by atoms with E-state index in [9.17, 15) is 9.90 Å². The number of methoxy groups -OCH3 is 1. The Kier molecular flexibility index (Phi) is 7.75. The molecule has 0 unspecified atom stereocenters. The minimum absolute atomic E-state index is 0.0687. The van der Waals surface area contributed by atoms with Gasteiger partial charge in [0.2, 0.25) is 0 Å². The lowest BCUT2D eigenvalue weighted by Crippen LogP contribution is -2.67. The number of carbonyl (C=O) groups excluding carboxylic acids is 1. The number of rotatable bonds is 7. The van der Waals surface area contributed by atoms with E-state index >= 15 is 0 Å². The zero-order valence-corrected chi connectivity index (χ0v) is 20.5. The topological polar surface area (TPSA) is 55.8 Å². The number of ether oxygens (including phenoxy) is 1. The molecule has 1 aliphatic carbocycles. The first-order chi connectivity index (χ1) is 15.3. The zero-order valence-electron chi connectivity index (χ0n) is 19.5. The summed E-state index contributed by atoms with van der Waals surface area (Å²) < 4.78 is 12.0. The Morgan fingerprint density at radius 3 is 2.00 bits per heavy atom. The summed E-state index contributed by atoms with van der Waals surface area (Å²) in [4.78, 5) is 12.3. The summed E-state index contributed by atoms with van der Waals surface area (Å²) in [5.74, 6) is -0.557. The van der Waals surface area contributed by atoms with Crippen molar-refractivity contribution < 1.29 is 19.1 Å². The van der Waals surface area contributed by atoms with Crippen LogP contribution in [0.5, 0.6) is 0 Å². The fourth-order valence-electron chi connectivity index (χ4n) is 4.85. The standard InChI is InChI=1S/C27H34O4Si/c1-27(2,3)32(22-14-7-5-8-15-22,23-16-9-6-10-17-23)31-20-21-13-11-12-18-24(21)25(19-28)26(29)30-4/h5-12,14-17,19,21,24,28H,13,18,20H2,1-4H3/b25-19+/t21-,24-/m0/s1. The van der Waals surface area contributed by atoms with E-state index < -0.39 is 14.3 Å². The van der Waals surface area contributed by atoms with Crippen molar-refractivity contribution in [2.24, 2.45) is 11.8 Å². The van der Waals surface area contributed by atoms with Crippen molar-refractivity contribution in [3.8, 4) is 0 Å². The molecular formula is C27H34O4Si. The molecule has 0 fully saturated rings. The first-order valence-electron chi connectivity index (χ1n) is 11.2. The molecule has 32 heavy (non-hydrogen) atoms. The van der Waals surface area contributed by atoms with E-state index in [0.29, 0.717) is 18.6 Å². The maximum atomic E-state index is 12.3. The lowest BCUT2D eigenvalue weighted by molar-refractivity contribution is -0.137. The maximum absolute atomic E-state index is 12.3. The number of hydrogen-bond acceptors (Lipinski definition) is 4. The highest BCUT2D eigenvalue weighted by molar-refractivity contribution is 6.99. The monoisotopic (exact) mass is 450 g/mol. The molecule has 1 N–H and O–H groups in total. The summed E-state index contributed by atoms with van der Waals surface area (Å²) in [6, 6.07) is 21.1. The fraction of sp³-hybridized carbons (Fsp3) is 0.370. The van der Waals surface area contributed by atoms with E-state index in [1.54, 1.807) is 0 Å². The van der Waals surface area contributed by atoms with Crippen molar-refractivity contribution >= 4 is 24.7 Å². The van der Waals surface area contributed by atoms with Crippen molar-refractivity contribution in [2.45, 2.75) is 38.7 Å². The average molecular weight is 451 g/mol. The molecule has 1 aliphatic rings. The first kappa shape index (κ1) is 24.0. The molecule has 0 saturated carbocycles.